The summed E-state index contributed by atoms with van der Waals surface area (Å²) in [6.45, 7) is 2.01. The number of fused-ring (bicyclic) bond motifs is 1. The van der Waals surface area contributed by atoms with Crippen molar-refractivity contribution in [2.45, 2.75) is 23.8 Å². The molecule has 1 saturated heterocycles. The Kier molecular flexibility index (Phi) is 6.87. The zero-order chi connectivity index (χ0) is 20.6. The number of ether oxygens (including phenoxy) is 1. The Labute approximate surface area is 188 Å². The highest BCUT2D eigenvalue weighted by Gasteiger charge is 2.22. The number of piperidine rings is 1. The van der Waals surface area contributed by atoms with Crippen LogP contribution in [0, 0.1) is 0 Å². The van der Waals surface area contributed by atoms with Crippen molar-refractivity contribution >= 4 is 50.6 Å². The maximum atomic E-state index is 13.4. The van der Waals surface area contributed by atoms with Crippen LogP contribution in [0.3, 0.4) is 0 Å². The zero-order valence-electron chi connectivity index (χ0n) is 16.8. The maximum Gasteiger partial charge on any atom is 0.268 e. The predicted octanol–water partition coefficient (Wildman–Crippen LogP) is 4.47. The highest BCUT2D eigenvalue weighted by Crippen LogP contribution is 2.30. The average molecular weight is 470 g/mol. The van der Waals surface area contributed by atoms with Crippen LogP contribution >= 0.6 is 24.0 Å². The maximum absolute atomic E-state index is 13.4. The lowest BCUT2D eigenvalue weighted by Gasteiger charge is -2.30. The van der Waals surface area contributed by atoms with Gasteiger partial charge < -0.3 is 15.0 Å². The molecule has 0 atom stereocenters. The van der Waals surface area contributed by atoms with Gasteiger partial charge in [-0.15, -0.1) is 12.4 Å². The second-order valence-electron chi connectivity index (χ2n) is 7.40. The van der Waals surface area contributed by atoms with Gasteiger partial charge in [-0.1, -0.05) is 11.6 Å². The molecule has 0 saturated carbocycles. The molecule has 9 heteroatoms. The molecule has 2 aromatic carbocycles. The van der Waals surface area contributed by atoms with Crippen molar-refractivity contribution in [2.24, 2.45) is 0 Å². The molecule has 2 heterocycles. The quantitative estimate of drug-likeness (QED) is 0.596. The second-order valence-corrected chi connectivity index (χ2v) is 9.63. The van der Waals surface area contributed by atoms with Crippen molar-refractivity contribution in [3.8, 4) is 5.75 Å². The van der Waals surface area contributed by atoms with Gasteiger partial charge in [-0.3, -0.25) is 0 Å². The lowest BCUT2D eigenvalue weighted by molar-refractivity contribution is 0.264. The van der Waals surface area contributed by atoms with Crippen molar-refractivity contribution in [1.82, 2.24) is 8.87 Å². The molecule has 4 rings (SSSR count). The number of halogens is 2. The normalized spacial score (nSPS) is 15.7. The van der Waals surface area contributed by atoms with Crippen LogP contribution in [0.1, 0.15) is 12.8 Å². The van der Waals surface area contributed by atoms with Crippen molar-refractivity contribution in [3.05, 3.63) is 53.7 Å². The molecular formula is C21H25Cl2N3O3S. The number of hydrogen-bond donors (Lipinski definition) is 1. The number of nitrogens with one attached hydrogen (secondary N) is 1. The summed E-state index contributed by atoms with van der Waals surface area (Å²) < 4.78 is 33.2. The highest BCUT2D eigenvalue weighted by molar-refractivity contribution is 7.90. The summed E-state index contributed by atoms with van der Waals surface area (Å²) in [5, 5.41) is 4.77. The summed E-state index contributed by atoms with van der Waals surface area (Å²) in [5.74, 6) is 0.605. The molecule has 30 heavy (non-hydrogen) atoms. The van der Waals surface area contributed by atoms with Crippen molar-refractivity contribution in [3.63, 3.8) is 0 Å². The Hall–Kier alpha value is -1.93. The molecule has 3 aromatic rings. The number of anilines is 1. The molecule has 1 aliphatic rings. The van der Waals surface area contributed by atoms with Gasteiger partial charge in [-0.2, -0.15) is 0 Å². The standard InChI is InChI=1S/C21H24ClN3O3S.ClH/c1-24-10-8-16(9-11-24)23-20-14-18(5-6-19(20)22)29(26,27)25-12-7-15-3-4-17(28-2)13-21(15)25;/h3-7,12-14,16,23H,8-11H2,1-2H3;1H. The lowest BCUT2D eigenvalue weighted by atomic mass is 10.1. The molecule has 0 radical (unpaired) electrons. The van der Waals surface area contributed by atoms with Gasteiger partial charge in [0.15, 0.2) is 0 Å². The van der Waals surface area contributed by atoms with E-state index in [-0.39, 0.29) is 23.3 Å². The molecule has 6 nitrogen and oxygen atoms in total. The molecule has 0 aliphatic carbocycles. The van der Waals surface area contributed by atoms with E-state index in [1.54, 1.807) is 43.6 Å². The Balaban J connectivity index is 0.00000256. The van der Waals surface area contributed by atoms with E-state index in [1.165, 1.54) is 3.97 Å². The van der Waals surface area contributed by atoms with Crippen molar-refractivity contribution in [1.29, 1.82) is 0 Å². The molecule has 0 spiro atoms. The average Bonchev–Trinajstić information content (AvgIpc) is 3.15. The molecule has 1 fully saturated rings. The first-order valence-corrected chi connectivity index (χ1v) is 11.4. The molecule has 0 amide bonds. The number of nitrogens with zero attached hydrogens (tertiary/aromatic N) is 2. The van der Waals surface area contributed by atoms with Crippen LogP contribution in [-0.2, 0) is 10.0 Å². The molecular weight excluding hydrogens is 445 g/mol. The van der Waals surface area contributed by atoms with Crippen LogP contribution in [0.5, 0.6) is 5.75 Å². The molecule has 1 aliphatic heterocycles. The topological polar surface area (TPSA) is 63.6 Å². The van der Waals surface area contributed by atoms with Gasteiger partial charge in [0.1, 0.15) is 5.75 Å². The van der Waals surface area contributed by atoms with Crippen LogP contribution < -0.4 is 10.1 Å². The number of benzene rings is 2. The van der Waals surface area contributed by atoms with Gasteiger partial charge in [0.25, 0.3) is 10.0 Å². The summed E-state index contributed by atoms with van der Waals surface area (Å²) in [7, 11) is -0.119. The smallest absolute Gasteiger partial charge is 0.268 e. The molecule has 1 aromatic heterocycles. The molecule has 162 valence electrons. The molecule has 0 unspecified atom stereocenters. The number of aromatic nitrogens is 1. The summed E-state index contributed by atoms with van der Waals surface area (Å²) in [6.07, 6.45) is 3.55. The zero-order valence-corrected chi connectivity index (χ0v) is 19.2. The van der Waals surface area contributed by atoms with Crippen LogP contribution in [0.2, 0.25) is 5.02 Å². The van der Waals surface area contributed by atoms with Crippen LogP contribution in [0.15, 0.2) is 53.6 Å². The SMILES string of the molecule is COc1ccc2ccn(S(=O)(=O)c3ccc(Cl)c(NC4CCN(C)CC4)c3)c2c1.Cl. The van der Waals surface area contributed by atoms with Crippen molar-refractivity contribution < 1.29 is 13.2 Å². The first-order chi connectivity index (χ1) is 13.9. The van der Waals surface area contributed by atoms with Gasteiger partial charge in [0, 0.05) is 23.7 Å². The number of hydrogen-bond acceptors (Lipinski definition) is 5. The van der Waals surface area contributed by atoms with Crippen LogP contribution in [0.25, 0.3) is 10.9 Å². The Bertz CT molecular complexity index is 1140. The summed E-state index contributed by atoms with van der Waals surface area (Å²) in [4.78, 5) is 2.48. The lowest BCUT2D eigenvalue weighted by Crippen LogP contribution is -2.36. The summed E-state index contributed by atoms with van der Waals surface area (Å²) in [5.41, 5.74) is 1.22. The summed E-state index contributed by atoms with van der Waals surface area (Å²) in [6, 6.07) is 12.2. The predicted molar refractivity (Wildman–Crippen MR) is 124 cm³/mol. The molecule has 0 bridgehead atoms. The largest absolute Gasteiger partial charge is 0.497 e. The van der Waals surface area contributed by atoms with E-state index < -0.39 is 10.0 Å². The third-order valence-corrected chi connectivity index (χ3v) is 7.45. The first kappa shape index (κ1) is 22.7. The van der Waals surface area contributed by atoms with Gasteiger partial charge in [-0.25, -0.2) is 12.4 Å². The van der Waals surface area contributed by atoms with Gasteiger partial charge in [0.05, 0.1) is 28.2 Å². The van der Waals surface area contributed by atoms with Crippen LogP contribution in [-0.4, -0.2) is 50.6 Å². The summed E-state index contributed by atoms with van der Waals surface area (Å²) >= 11 is 6.36. The number of likely N-dealkylation sites (tertiary alicyclic amines) is 1. The van der Waals surface area contributed by atoms with E-state index >= 15 is 0 Å². The van der Waals surface area contributed by atoms with E-state index in [0.717, 1.165) is 31.3 Å². The van der Waals surface area contributed by atoms with Crippen molar-refractivity contribution in [2.75, 3.05) is 32.6 Å². The van der Waals surface area contributed by atoms with E-state index in [2.05, 4.69) is 17.3 Å². The second kappa shape index (κ2) is 9.06. The van der Waals surface area contributed by atoms with E-state index in [9.17, 15) is 8.42 Å². The Morgan fingerprint density at radius 3 is 2.53 bits per heavy atom. The minimum absolute atomic E-state index is 0. The van der Waals surface area contributed by atoms with Gasteiger partial charge in [-0.05, 0) is 69.4 Å². The van der Waals surface area contributed by atoms with Gasteiger partial charge in [0.2, 0.25) is 0 Å². The first-order valence-electron chi connectivity index (χ1n) is 9.54. The third kappa shape index (κ3) is 4.39. The Morgan fingerprint density at radius 2 is 1.83 bits per heavy atom. The monoisotopic (exact) mass is 469 g/mol. The minimum Gasteiger partial charge on any atom is -0.497 e. The third-order valence-electron chi connectivity index (χ3n) is 5.44. The van der Waals surface area contributed by atoms with Crippen LogP contribution in [0.4, 0.5) is 5.69 Å². The minimum atomic E-state index is -3.78. The van der Waals surface area contributed by atoms with E-state index in [4.69, 9.17) is 16.3 Å². The fourth-order valence-electron chi connectivity index (χ4n) is 3.68. The van der Waals surface area contributed by atoms with Gasteiger partial charge >= 0.3 is 0 Å². The van der Waals surface area contributed by atoms with E-state index in [1.807, 2.05) is 12.1 Å². The number of methoxy groups -OCH3 is 1. The Morgan fingerprint density at radius 1 is 1.10 bits per heavy atom. The molecule has 1 N–H and O–H groups in total. The fraction of sp³-hybridized carbons (Fsp3) is 0.333. The van der Waals surface area contributed by atoms with E-state index in [0.29, 0.717) is 22.0 Å². The highest BCUT2D eigenvalue weighted by atomic mass is 35.5. The number of rotatable bonds is 5. The fourth-order valence-corrected chi connectivity index (χ4v) is 5.23.